The lowest BCUT2D eigenvalue weighted by Gasteiger charge is -2.15. The van der Waals surface area contributed by atoms with Crippen LogP contribution in [0.5, 0.6) is 23.0 Å². The van der Waals surface area contributed by atoms with Crippen molar-refractivity contribution in [1.82, 2.24) is 14.5 Å². The minimum Gasteiger partial charge on any atom is -0.493 e. The summed E-state index contributed by atoms with van der Waals surface area (Å²) in [5.74, 6) is 3.04. The van der Waals surface area contributed by atoms with Crippen LogP contribution in [0.2, 0.25) is 0 Å². The standard InChI is InChI=1S/C24H27N3O5/c1-26(2)10-5-11-27-23(9-7-16-6-8-19-22(12-16)32-15-31-19)25-18-14-21(30-4)20(29-3)13-17(18)24(27)28/h6-9,12-14H,5,10-11,15H2,1-4H3/b9-7+. The van der Waals surface area contributed by atoms with Crippen molar-refractivity contribution in [3.05, 3.63) is 52.1 Å². The second-order valence-electron chi connectivity index (χ2n) is 7.75. The van der Waals surface area contributed by atoms with E-state index in [9.17, 15) is 4.79 Å². The van der Waals surface area contributed by atoms with E-state index in [0.717, 1.165) is 24.3 Å². The molecule has 32 heavy (non-hydrogen) atoms. The van der Waals surface area contributed by atoms with Gasteiger partial charge in [0.25, 0.3) is 5.56 Å². The van der Waals surface area contributed by atoms with Gasteiger partial charge in [-0.3, -0.25) is 9.36 Å². The van der Waals surface area contributed by atoms with Gasteiger partial charge in [-0.1, -0.05) is 12.1 Å². The van der Waals surface area contributed by atoms with Gasteiger partial charge >= 0.3 is 0 Å². The van der Waals surface area contributed by atoms with E-state index < -0.39 is 0 Å². The van der Waals surface area contributed by atoms with Crippen LogP contribution in [0.1, 0.15) is 17.8 Å². The summed E-state index contributed by atoms with van der Waals surface area (Å²) >= 11 is 0. The monoisotopic (exact) mass is 437 g/mol. The van der Waals surface area contributed by atoms with Crippen molar-refractivity contribution in [2.24, 2.45) is 0 Å². The van der Waals surface area contributed by atoms with E-state index in [-0.39, 0.29) is 12.4 Å². The van der Waals surface area contributed by atoms with Crippen LogP contribution in [0.15, 0.2) is 35.1 Å². The smallest absolute Gasteiger partial charge is 0.261 e. The first kappa shape index (κ1) is 21.7. The maximum absolute atomic E-state index is 13.4. The van der Waals surface area contributed by atoms with E-state index in [1.54, 1.807) is 30.9 Å². The van der Waals surface area contributed by atoms with Crippen LogP contribution >= 0.6 is 0 Å². The van der Waals surface area contributed by atoms with Gasteiger partial charge in [0.1, 0.15) is 5.82 Å². The second kappa shape index (κ2) is 9.32. The third-order valence-electron chi connectivity index (χ3n) is 5.30. The molecule has 0 unspecified atom stereocenters. The molecule has 4 rings (SSSR count). The summed E-state index contributed by atoms with van der Waals surface area (Å²) in [4.78, 5) is 20.3. The first-order valence-corrected chi connectivity index (χ1v) is 10.4. The molecule has 0 fully saturated rings. The van der Waals surface area contributed by atoms with Gasteiger partial charge in [0.15, 0.2) is 23.0 Å². The Labute approximate surface area is 186 Å². The fraction of sp³-hybridized carbons (Fsp3) is 0.333. The van der Waals surface area contributed by atoms with Crippen molar-refractivity contribution in [1.29, 1.82) is 0 Å². The molecule has 3 aromatic rings. The molecule has 1 aliphatic heterocycles. The second-order valence-corrected chi connectivity index (χ2v) is 7.75. The molecule has 0 saturated heterocycles. The molecule has 0 bridgehead atoms. The van der Waals surface area contributed by atoms with Crippen molar-refractivity contribution in [3.63, 3.8) is 0 Å². The zero-order valence-electron chi connectivity index (χ0n) is 18.8. The average Bonchev–Trinajstić information content (AvgIpc) is 3.26. The van der Waals surface area contributed by atoms with E-state index in [1.165, 1.54) is 0 Å². The zero-order chi connectivity index (χ0) is 22.7. The van der Waals surface area contributed by atoms with Crippen molar-refractivity contribution in [2.75, 3.05) is 41.7 Å². The first-order valence-electron chi connectivity index (χ1n) is 10.4. The predicted octanol–water partition coefficient (Wildman–Crippen LogP) is 3.26. The van der Waals surface area contributed by atoms with Gasteiger partial charge in [0, 0.05) is 12.6 Å². The highest BCUT2D eigenvalue weighted by Gasteiger charge is 2.15. The Hall–Kier alpha value is -3.52. The van der Waals surface area contributed by atoms with Crippen molar-refractivity contribution in [3.8, 4) is 23.0 Å². The molecule has 0 radical (unpaired) electrons. The lowest BCUT2D eigenvalue weighted by atomic mass is 10.1. The highest BCUT2D eigenvalue weighted by molar-refractivity contribution is 5.83. The van der Waals surface area contributed by atoms with Crippen LogP contribution in [0.4, 0.5) is 0 Å². The molecule has 8 nitrogen and oxygen atoms in total. The highest BCUT2D eigenvalue weighted by atomic mass is 16.7. The van der Waals surface area contributed by atoms with Gasteiger partial charge in [-0.2, -0.15) is 0 Å². The summed E-state index contributed by atoms with van der Waals surface area (Å²) in [6.45, 7) is 1.64. The van der Waals surface area contributed by atoms with Crippen molar-refractivity contribution < 1.29 is 18.9 Å². The molecule has 0 spiro atoms. The molecule has 1 aliphatic rings. The van der Waals surface area contributed by atoms with E-state index in [2.05, 4.69) is 4.90 Å². The van der Waals surface area contributed by atoms with Crippen LogP contribution in [0.25, 0.3) is 23.1 Å². The van der Waals surface area contributed by atoms with Crippen molar-refractivity contribution in [2.45, 2.75) is 13.0 Å². The lowest BCUT2D eigenvalue weighted by Crippen LogP contribution is -2.26. The number of hydrogen-bond donors (Lipinski definition) is 0. The number of aromatic nitrogens is 2. The van der Waals surface area contributed by atoms with Crippen molar-refractivity contribution >= 4 is 23.1 Å². The first-order chi connectivity index (χ1) is 15.5. The van der Waals surface area contributed by atoms with Gasteiger partial charge in [-0.25, -0.2) is 4.98 Å². The zero-order valence-corrected chi connectivity index (χ0v) is 18.8. The minimum absolute atomic E-state index is 0.111. The van der Waals surface area contributed by atoms with Gasteiger partial charge in [-0.15, -0.1) is 0 Å². The van der Waals surface area contributed by atoms with E-state index in [1.807, 2.05) is 44.4 Å². The number of methoxy groups -OCH3 is 2. The summed E-state index contributed by atoms with van der Waals surface area (Å²) in [5, 5.41) is 0.493. The maximum atomic E-state index is 13.4. The van der Waals surface area contributed by atoms with Crippen LogP contribution in [0.3, 0.4) is 0 Å². The van der Waals surface area contributed by atoms with Crippen LogP contribution < -0.4 is 24.5 Å². The molecular formula is C24H27N3O5. The Balaban J connectivity index is 1.78. The summed E-state index contributed by atoms with van der Waals surface area (Å²) in [6, 6.07) is 9.14. The van der Waals surface area contributed by atoms with Crippen LogP contribution in [-0.2, 0) is 6.54 Å². The fourth-order valence-electron chi connectivity index (χ4n) is 3.64. The quantitative estimate of drug-likeness (QED) is 0.535. The minimum atomic E-state index is -0.111. The van der Waals surface area contributed by atoms with E-state index in [0.29, 0.717) is 40.5 Å². The molecule has 2 heterocycles. The number of nitrogens with zero attached hydrogens (tertiary/aromatic N) is 3. The SMILES string of the molecule is COc1cc2nc(/C=C/c3ccc4c(c3)OCO4)n(CCCN(C)C)c(=O)c2cc1OC. The molecule has 2 aromatic carbocycles. The van der Waals surface area contributed by atoms with Gasteiger partial charge in [0.05, 0.1) is 25.1 Å². The topological polar surface area (TPSA) is 75.0 Å². The number of rotatable bonds is 8. The summed E-state index contributed by atoms with van der Waals surface area (Å²) < 4.78 is 23.3. The molecule has 0 saturated carbocycles. The Kier molecular flexibility index (Phi) is 6.32. The third kappa shape index (κ3) is 4.40. The number of hydrogen-bond acceptors (Lipinski definition) is 7. The van der Waals surface area contributed by atoms with Crippen LogP contribution in [0, 0.1) is 0 Å². The fourth-order valence-corrected chi connectivity index (χ4v) is 3.64. The Morgan fingerprint density at radius 2 is 1.81 bits per heavy atom. The molecule has 0 amide bonds. The number of ether oxygens (including phenoxy) is 4. The molecule has 168 valence electrons. The largest absolute Gasteiger partial charge is 0.493 e. The Morgan fingerprint density at radius 3 is 2.56 bits per heavy atom. The van der Waals surface area contributed by atoms with Crippen LogP contribution in [-0.4, -0.2) is 56.1 Å². The molecule has 0 aliphatic carbocycles. The van der Waals surface area contributed by atoms with Gasteiger partial charge in [0.2, 0.25) is 6.79 Å². The number of fused-ring (bicyclic) bond motifs is 2. The molecule has 0 N–H and O–H groups in total. The Bertz CT molecular complexity index is 1220. The van der Waals surface area contributed by atoms with Gasteiger partial charge < -0.3 is 23.8 Å². The summed E-state index contributed by atoms with van der Waals surface area (Å²) in [5.41, 5.74) is 1.37. The lowest BCUT2D eigenvalue weighted by molar-refractivity contribution is 0.174. The van der Waals surface area contributed by atoms with E-state index >= 15 is 0 Å². The summed E-state index contributed by atoms with van der Waals surface area (Å²) in [6.07, 6.45) is 4.59. The van der Waals surface area contributed by atoms with Gasteiger partial charge in [-0.05, 0) is 56.9 Å². The van der Waals surface area contributed by atoms with E-state index in [4.69, 9.17) is 23.9 Å². The third-order valence-corrected chi connectivity index (χ3v) is 5.30. The average molecular weight is 437 g/mol. The normalized spacial score (nSPS) is 12.8. The maximum Gasteiger partial charge on any atom is 0.261 e. The number of benzene rings is 2. The Morgan fingerprint density at radius 1 is 1.06 bits per heavy atom. The highest BCUT2D eigenvalue weighted by Crippen LogP contribution is 2.33. The summed E-state index contributed by atoms with van der Waals surface area (Å²) in [7, 11) is 7.14. The molecule has 0 atom stereocenters. The molecular weight excluding hydrogens is 410 g/mol. The molecule has 8 heteroatoms. The predicted molar refractivity (Wildman–Crippen MR) is 124 cm³/mol. The molecule has 1 aromatic heterocycles.